The van der Waals surface area contributed by atoms with Gasteiger partial charge in [0, 0.05) is 18.0 Å². The lowest BCUT2D eigenvalue weighted by molar-refractivity contribution is 0.0905. The largest absolute Gasteiger partial charge is 0.351 e. The number of carbonyl (C=O) groups is 1. The van der Waals surface area contributed by atoms with Gasteiger partial charge in [-0.1, -0.05) is 50.0 Å². The SMILES string of the molecule is CC(C)Cc1cc(C(=O)NCC2(c3ccccc3F)CCCC2)on1. The van der Waals surface area contributed by atoms with Crippen molar-refractivity contribution in [3.63, 3.8) is 0 Å². The van der Waals surface area contributed by atoms with Gasteiger partial charge in [0.15, 0.2) is 0 Å². The average molecular weight is 344 g/mol. The highest BCUT2D eigenvalue weighted by molar-refractivity contribution is 5.91. The Morgan fingerprint density at radius 3 is 2.72 bits per heavy atom. The molecule has 2 aromatic rings. The monoisotopic (exact) mass is 344 g/mol. The minimum Gasteiger partial charge on any atom is -0.351 e. The highest BCUT2D eigenvalue weighted by Gasteiger charge is 2.38. The van der Waals surface area contributed by atoms with E-state index in [1.54, 1.807) is 12.1 Å². The molecular formula is C20H25FN2O2. The third kappa shape index (κ3) is 3.91. The Morgan fingerprint density at radius 2 is 2.04 bits per heavy atom. The van der Waals surface area contributed by atoms with E-state index in [9.17, 15) is 9.18 Å². The number of aromatic nitrogens is 1. The Bertz CT molecular complexity index is 733. The molecule has 3 rings (SSSR count). The molecule has 0 radical (unpaired) electrons. The van der Waals surface area contributed by atoms with Gasteiger partial charge in [-0.3, -0.25) is 4.79 Å². The van der Waals surface area contributed by atoms with E-state index in [-0.39, 0.29) is 22.9 Å². The Hall–Kier alpha value is -2.17. The number of rotatable bonds is 6. The summed E-state index contributed by atoms with van der Waals surface area (Å²) < 4.78 is 19.5. The first-order chi connectivity index (χ1) is 12.0. The van der Waals surface area contributed by atoms with E-state index in [1.165, 1.54) is 6.07 Å². The molecule has 0 bridgehead atoms. The van der Waals surface area contributed by atoms with Crippen molar-refractivity contribution in [2.45, 2.75) is 51.4 Å². The van der Waals surface area contributed by atoms with Crippen LogP contribution in [0, 0.1) is 11.7 Å². The fourth-order valence-electron chi connectivity index (χ4n) is 3.75. The Balaban J connectivity index is 1.71. The summed E-state index contributed by atoms with van der Waals surface area (Å²) in [5.74, 6) is 0.184. The summed E-state index contributed by atoms with van der Waals surface area (Å²) in [6.45, 7) is 4.59. The Labute approximate surface area is 147 Å². The lowest BCUT2D eigenvalue weighted by Gasteiger charge is -2.30. The van der Waals surface area contributed by atoms with Crippen LogP contribution in [0.1, 0.15) is 61.3 Å². The van der Waals surface area contributed by atoms with Crippen LogP contribution in [0.25, 0.3) is 0 Å². The first kappa shape index (κ1) is 17.6. The average Bonchev–Trinajstić information content (AvgIpc) is 3.23. The molecule has 0 unspecified atom stereocenters. The molecule has 1 aliphatic carbocycles. The topological polar surface area (TPSA) is 55.1 Å². The van der Waals surface area contributed by atoms with E-state index in [0.717, 1.165) is 37.8 Å². The predicted molar refractivity (Wildman–Crippen MR) is 93.9 cm³/mol. The number of amides is 1. The van der Waals surface area contributed by atoms with E-state index in [0.29, 0.717) is 18.0 Å². The van der Waals surface area contributed by atoms with Gasteiger partial charge in [0.2, 0.25) is 5.76 Å². The molecule has 1 N–H and O–H groups in total. The highest BCUT2D eigenvalue weighted by atomic mass is 19.1. The summed E-state index contributed by atoms with van der Waals surface area (Å²) in [5, 5.41) is 6.89. The first-order valence-corrected chi connectivity index (χ1v) is 8.99. The summed E-state index contributed by atoms with van der Waals surface area (Å²) in [7, 11) is 0. The van der Waals surface area contributed by atoms with Gasteiger partial charge in [0.1, 0.15) is 5.82 Å². The van der Waals surface area contributed by atoms with Crippen molar-refractivity contribution in [1.82, 2.24) is 10.5 Å². The maximum Gasteiger partial charge on any atom is 0.289 e. The van der Waals surface area contributed by atoms with Crippen molar-refractivity contribution in [1.29, 1.82) is 0 Å². The van der Waals surface area contributed by atoms with Crippen LogP contribution in [-0.2, 0) is 11.8 Å². The van der Waals surface area contributed by atoms with Crippen LogP contribution in [0.3, 0.4) is 0 Å². The summed E-state index contributed by atoms with van der Waals surface area (Å²) >= 11 is 0. The molecule has 1 heterocycles. The van der Waals surface area contributed by atoms with Crippen LogP contribution < -0.4 is 5.32 Å². The van der Waals surface area contributed by atoms with Gasteiger partial charge in [0.25, 0.3) is 5.91 Å². The molecule has 4 nitrogen and oxygen atoms in total. The van der Waals surface area contributed by atoms with Crippen LogP contribution in [0.5, 0.6) is 0 Å². The van der Waals surface area contributed by atoms with E-state index < -0.39 is 0 Å². The van der Waals surface area contributed by atoms with Crippen LogP contribution >= 0.6 is 0 Å². The van der Waals surface area contributed by atoms with Gasteiger partial charge in [-0.2, -0.15) is 0 Å². The number of nitrogens with one attached hydrogen (secondary N) is 1. The molecule has 0 spiro atoms. The lowest BCUT2D eigenvalue weighted by Crippen LogP contribution is -2.39. The van der Waals surface area contributed by atoms with Crippen LogP contribution in [0.15, 0.2) is 34.9 Å². The molecule has 1 saturated carbocycles. The predicted octanol–water partition coefficient (Wildman–Crippen LogP) is 4.25. The molecule has 25 heavy (non-hydrogen) atoms. The molecule has 1 fully saturated rings. The Kier molecular flexibility index (Phi) is 5.21. The van der Waals surface area contributed by atoms with E-state index in [4.69, 9.17) is 4.52 Å². The van der Waals surface area contributed by atoms with Gasteiger partial charge in [-0.15, -0.1) is 0 Å². The third-order valence-corrected chi connectivity index (χ3v) is 4.99. The van der Waals surface area contributed by atoms with Gasteiger partial charge in [-0.05, 0) is 36.8 Å². The summed E-state index contributed by atoms with van der Waals surface area (Å²) in [4.78, 5) is 12.4. The summed E-state index contributed by atoms with van der Waals surface area (Å²) in [6, 6.07) is 8.58. The molecule has 1 amide bonds. The number of nitrogens with zero attached hydrogens (tertiary/aromatic N) is 1. The fraction of sp³-hybridized carbons (Fsp3) is 0.500. The van der Waals surface area contributed by atoms with Crippen LogP contribution in [0.2, 0.25) is 0 Å². The molecular weight excluding hydrogens is 319 g/mol. The van der Waals surface area contributed by atoms with Crippen molar-refractivity contribution < 1.29 is 13.7 Å². The molecule has 0 atom stereocenters. The maximum absolute atomic E-state index is 14.3. The van der Waals surface area contributed by atoms with Crippen molar-refractivity contribution in [2.75, 3.05) is 6.54 Å². The van der Waals surface area contributed by atoms with Crippen molar-refractivity contribution in [3.05, 3.63) is 53.2 Å². The fourth-order valence-corrected chi connectivity index (χ4v) is 3.75. The Morgan fingerprint density at radius 1 is 1.32 bits per heavy atom. The van der Waals surface area contributed by atoms with E-state index >= 15 is 0 Å². The lowest BCUT2D eigenvalue weighted by atomic mass is 9.78. The van der Waals surface area contributed by atoms with Gasteiger partial charge in [0.05, 0.1) is 5.69 Å². The number of halogens is 1. The summed E-state index contributed by atoms with van der Waals surface area (Å²) in [5.41, 5.74) is 1.15. The van der Waals surface area contributed by atoms with Crippen LogP contribution in [0.4, 0.5) is 4.39 Å². The second kappa shape index (κ2) is 7.38. The molecule has 1 aromatic carbocycles. The molecule has 5 heteroatoms. The standard InChI is InChI=1S/C20H25FN2O2/c1-14(2)11-15-12-18(25-23-15)19(24)22-13-20(9-5-6-10-20)16-7-3-4-8-17(16)21/h3-4,7-8,12,14H,5-6,9-11,13H2,1-2H3,(H,22,24). The zero-order valence-electron chi connectivity index (χ0n) is 14.8. The normalized spacial score (nSPS) is 16.3. The zero-order chi connectivity index (χ0) is 17.9. The number of hydrogen-bond acceptors (Lipinski definition) is 3. The van der Waals surface area contributed by atoms with Crippen LogP contribution in [-0.4, -0.2) is 17.6 Å². The second-order valence-corrected chi connectivity index (χ2v) is 7.43. The van der Waals surface area contributed by atoms with E-state index in [1.807, 2.05) is 12.1 Å². The summed E-state index contributed by atoms with van der Waals surface area (Å²) in [6.07, 6.45) is 4.62. The minimum absolute atomic E-state index is 0.197. The molecule has 1 aromatic heterocycles. The minimum atomic E-state index is -0.332. The molecule has 134 valence electrons. The number of carbonyl (C=O) groups excluding carboxylic acids is 1. The number of benzene rings is 1. The van der Waals surface area contributed by atoms with Gasteiger partial charge < -0.3 is 9.84 Å². The molecule has 1 aliphatic rings. The second-order valence-electron chi connectivity index (χ2n) is 7.43. The maximum atomic E-state index is 14.3. The number of hydrogen-bond donors (Lipinski definition) is 1. The zero-order valence-corrected chi connectivity index (χ0v) is 14.8. The van der Waals surface area contributed by atoms with E-state index in [2.05, 4.69) is 24.3 Å². The van der Waals surface area contributed by atoms with Gasteiger partial charge in [-0.25, -0.2) is 4.39 Å². The smallest absolute Gasteiger partial charge is 0.289 e. The van der Waals surface area contributed by atoms with Crippen molar-refractivity contribution >= 4 is 5.91 Å². The first-order valence-electron chi connectivity index (χ1n) is 8.99. The molecule has 0 aliphatic heterocycles. The molecule has 0 saturated heterocycles. The quantitative estimate of drug-likeness (QED) is 0.852. The highest BCUT2D eigenvalue weighted by Crippen LogP contribution is 2.41. The van der Waals surface area contributed by atoms with Crippen molar-refractivity contribution in [3.8, 4) is 0 Å². The van der Waals surface area contributed by atoms with Gasteiger partial charge >= 0.3 is 0 Å². The third-order valence-electron chi connectivity index (χ3n) is 4.99. The van der Waals surface area contributed by atoms with Crippen molar-refractivity contribution in [2.24, 2.45) is 5.92 Å².